The smallest absolute Gasteiger partial charge is 0.410 e. The summed E-state index contributed by atoms with van der Waals surface area (Å²) in [6.07, 6.45) is 0.592. The number of carbonyl (C=O) groups excluding carboxylic acids is 1. The molecule has 0 aliphatic carbocycles. The van der Waals surface area contributed by atoms with Gasteiger partial charge in [-0.1, -0.05) is 32.9 Å². The molecule has 0 radical (unpaired) electrons. The first kappa shape index (κ1) is 22.2. The van der Waals surface area contributed by atoms with Gasteiger partial charge in [0, 0.05) is 30.4 Å². The van der Waals surface area contributed by atoms with Gasteiger partial charge in [0.2, 0.25) is 0 Å². The molecule has 0 saturated heterocycles. The molecule has 0 spiro atoms. The van der Waals surface area contributed by atoms with Crippen LogP contribution in [0, 0.1) is 6.92 Å². The Morgan fingerprint density at radius 2 is 1.97 bits per heavy atom. The Balaban J connectivity index is 1.77. The number of likely N-dealkylation sites (N-methyl/N-ethyl adjacent to an activating group) is 1. The van der Waals surface area contributed by atoms with Crippen molar-refractivity contribution in [3.8, 4) is 5.75 Å². The lowest BCUT2D eigenvalue weighted by atomic mass is 9.81. The highest BCUT2D eigenvalue weighted by molar-refractivity contribution is 5.87. The lowest BCUT2D eigenvalue weighted by Gasteiger charge is -2.27. The number of aryl methyl sites for hydroxylation is 1. The van der Waals surface area contributed by atoms with E-state index in [0.29, 0.717) is 11.7 Å². The van der Waals surface area contributed by atoms with E-state index in [1.54, 1.807) is 0 Å². The normalized spacial score (nSPS) is 18.1. The van der Waals surface area contributed by atoms with Crippen molar-refractivity contribution in [2.45, 2.75) is 45.4 Å². The maximum Gasteiger partial charge on any atom is 0.417 e. The third-order valence-electron chi connectivity index (χ3n) is 6.10. The van der Waals surface area contributed by atoms with Gasteiger partial charge in [-0.2, -0.15) is 0 Å². The zero-order valence-corrected chi connectivity index (χ0v) is 19.4. The van der Waals surface area contributed by atoms with Crippen LogP contribution in [-0.2, 0) is 5.41 Å². The Kier molecular flexibility index (Phi) is 6.41. The molecule has 1 amide bonds. The molecular weight excluding hydrogens is 374 g/mol. The topological polar surface area (TPSA) is 44.8 Å². The van der Waals surface area contributed by atoms with Gasteiger partial charge in [0.1, 0.15) is 5.75 Å². The fourth-order valence-corrected chi connectivity index (χ4v) is 4.15. The second-order valence-electron chi connectivity index (χ2n) is 9.39. The highest BCUT2D eigenvalue weighted by atomic mass is 16.6. The van der Waals surface area contributed by atoms with Gasteiger partial charge in [-0.25, -0.2) is 4.79 Å². The van der Waals surface area contributed by atoms with Crippen LogP contribution < -0.4 is 15.0 Å². The number of anilines is 2. The SMILES string of the molecule is Cc1ccc(C(C)C)cc1NC(=O)Oc1ccc2c(c1)[C@](C)(CCN(C)C)CN2C. The monoisotopic (exact) mass is 409 g/mol. The van der Waals surface area contributed by atoms with Crippen LogP contribution in [0.5, 0.6) is 5.75 Å². The molecule has 2 aromatic carbocycles. The van der Waals surface area contributed by atoms with E-state index in [2.05, 4.69) is 69.2 Å². The number of benzene rings is 2. The van der Waals surface area contributed by atoms with Gasteiger partial charge in [0.25, 0.3) is 0 Å². The number of nitrogens with zero attached hydrogens (tertiary/aromatic N) is 2. The van der Waals surface area contributed by atoms with Gasteiger partial charge in [0.05, 0.1) is 0 Å². The van der Waals surface area contributed by atoms with Crippen LogP contribution in [0.25, 0.3) is 0 Å². The summed E-state index contributed by atoms with van der Waals surface area (Å²) in [5.74, 6) is 0.978. The molecule has 0 bridgehead atoms. The molecule has 0 aromatic heterocycles. The molecule has 162 valence electrons. The first-order valence-electron chi connectivity index (χ1n) is 10.7. The van der Waals surface area contributed by atoms with E-state index < -0.39 is 6.09 Å². The van der Waals surface area contributed by atoms with Crippen molar-refractivity contribution >= 4 is 17.5 Å². The third kappa shape index (κ3) is 4.78. The maximum absolute atomic E-state index is 12.6. The van der Waals surface area contributed by atoms with Crippen molar-refractivity contribution in [2.24, 2.45) is 0 Å². The lowest BCUT2D eigenvalue weighted by Crippen LogP contribution is -2.32. The summed E-state index contributed by atoms with van der Waals surface area (Å²) in [5.41, 5.74) is 5.49. The van der Waals surface area contributed by atoms with Crippen LogP contribution in [0.2, 0.25) is 0 Å². The van der Waals surface area contributed by atoms with Crippen molar-refractivity contribution < 1.29 is 9.53 Å². The van der Waals surface area contributed by atoms with E-state index in [-0.39, 0.29) is 5.41 Å². The molecule has 5 heteroatoms. The van der Waals surface area contributed by atoms with Crippen LogP contribution in [0.15, 0.2) is 36.4 Å². The first-order chi connectivity index (χ1) is 14.1. The van der Waals surface area contributed by atoms with Gasteiger partial charge in [-0.15, -0.1) is 0 Å². The fourth-order valence-electron chi connectivity index (χ4n) is 4.15. The molecule has 1 N–H and O–H groups in total. The number of ether oxygens (including phenoxy) is 1. The van der Waals surface area contributed by atoms with Crippen LogP contribution in [0.3, 0.4) is 0 Å². The van der Waals surface area contributed by atoms with E-state index in [4.69, 9.17) is 4.74 Å². The summed E-state index contributed by atoms with van der Waals surface area (Å²) in [4.78, 5) is 17.1. The Hall–Kier alpha value is -2.53. The van der Waals surface area contributed by atoms with Crippen LogP contribution >= 0.6 is 0 Å². The van der Waals surface area contributed by atoms with Gasteiger partial charge in [-0.3, -0.25) is 5.32 Å². The molecule has 5 nitrogen and oxygen atoms in total. The van der Waals surface area contributed by atoms with Gasteiger partial charge < -0.3 is 14.5 Å². The minimum absolute atomic E-state index is 0.0341. The average Bonchev–Trinajstić information content (AvgIpc) is 2.92. The second kappa shape index (κ2) is 8.68. The summed E-state index contributed by atoms with van der Waals surface area (Å²) in [7, 11) is 6.32. The molecule has 30 heavy (non-hydrogen) atoms. The zero-order valence-electron chi connectivity index (χ0n) is 19.4. The quantitative estimate of drug-likeness (QED) is 0.695. The molecule has 1 aliphatic rings. The molecule has 0 unspecified atom stereocenters. The van der Waals surface area contributed by atoms with Crippen molar-refractivity contribution in [2.75, 3.05) is 44.4 Å². The average molecular weight is 410 g/mol. The molecule has 1 heterocycles. The first-order valence-corrected chi connectivity index (χ1v) is 10.7. The van der Waals surface area contributed by atoms with Crippen molar-refractivity contribution in [1.29, 1.82) is 0 Å². The summed E-state index contributed by atoms with van der Waals surface area (Å²) in [5, 5.41) is 2.91. The zero-order chi connectivity index (χ0) is 22.1. The number of nitrogens with one attached hydrogen (secondary N) is 1. The molecule has 2 aromatic rings. The largest absolute Gasteiger partial charge is 0.417 e. The predicted octanol–water partition coefficient (Wildman–Crippen LogP) is 5.39. The highest BCUT2D eigenvalue weighted by Gasteiger charge is 2.37. The Morgan fingerprint density at radius 3 is 2.63 bits per heavy atom. The fraction of sp³-hybridized carbons (Fsp3) is 0.480. The number of carbonyl (C=O) groups is 1. The van der Waals surface area contributed by atoms with E-state index in [0.717, 1.165) is 30.8 Å². The van der Waals surface area contributed by atoms with E-state index in [1.807, 2.05) is 31.2 Å². The van der Waals surface area contributed by atoms with Crippen molar-refractivity contribution in [1.82, 2.24) is 4.90 Å². The van der Waals surface area contributed by atoms with E-state index in [1.165, 1.54) is 16.8 Å². The number of hydrogen-bond donors (Lipinski definition) is 1. The summed E-state index contributed by atoms with van der Waals surface area (Å²) in [6, 6.07) is 12.1. The third-order valence-corrected chi connectivity index (χ3v) is 6.10. The molecule has 0 fully saturated rings. The summed E-state index contributed by atoms with van der Waals surface area (Å²) in [6.45, 7) is 10.5. The molecule has 3 rings (SSSR count). The second-order valence-corrected chi connectivity index (χ2v) is 9.39. The molecule has 1 aliphatic heterocycles. The number of rotatable bonds is 6. The lowest BCUT2D eigenvalue weighted by molar-refractivity contribution is 0.215. The number of hydrogen-bond acceptors (Lipinski definition) is 4. The predicted molar refractivity (Wildman–Crippen MR) is 125 cm³/mol. The molecule has 0 saturated carbocycles. The molecule has 1 atom stereocenters. The molecular formula is C25H35N3O2. The van der Waals surface area contributed by atoms with Crippen molar-refractivity contribution in [3.05, 3.63) is 53.1 Å². The summed E-state index contributed by atoms with van der Waals surface area (Å²) < 4.78 is 5.67. The number of fused-ring (bicyclic) bond motifs is 1. The van der Waals surface area contributed by atoms with E-state index in [9.17, 15) is 4.79 Å². The minimum Gasteiger partial charge on any atom is -0.410 e. The Morgan fingerprint density at radius 1 is 1.23 bits per heavy atom. The van der Waals surface area contributed by atoms with E-state index >= 15 is 0 Å². The minimum atomic E-state index is -0.458. The van der Waals surface area contributed by atoms with Crippen LogP contribution in [-0.4, -0.2) is 45.2 Å². The van der Waals surface area contributed by atoms with Gasteiger partial charge in [-0.05, 0) is 80.9 Å². The van der Waals surface area contributed by atoms with Gasteiger partial charge >= 0.3 is 6.09 Å². The van der Waals surface area contributed by atoms with Crippen LogP contribution in [0.1, 0.15) is 49.8 Å². The number of amides is 1. The highest BCUT2D eigenvalue weighted by Crippen LogP contribution is 2.43. The Labute approximate surface area is 181 Å². The summed E-state index contributed by atoms with van der Waals surface area (Å²) >= 11 is 0. The van der Waals surface area contributed by atoms with Crippen LogP contribution in [0.4, 0.5) is 16.2 Å². The van der Waals surface area contributed by atoms with Gasteiger partial charge in [0.15, 0.2) is 0 Å². The van der Waals surface area contributed by atoms with Crippen molar-refractivity contribution in [3.63, 3.8) is 0 Å². The Bertz CT molecular complexity index is 923. The maximum atomic E-state index is 12.6. The standard InChI is InChI=1S/C25H35N3O2/c1-17(2)19-9-8-18(3)22(14-19)26-24(29)30-20-10-11-23-21(15-20)25(4,16-28(23)7)12-13-27(5)6/h8-11,14-15,17H,12-13,16H2,1-7H3,(H,26,29)/t25-/m1/s1.